The third kappa shape index (κ3) is 8.17. The molecule has 0 amide bonds. The van der Waals surface area contributed by atoms with E-state index in [1.54, 1.807) is 0 Å². The van der Waals surface area contributed by atoms with Crippen LogP contribution in [-0.4, -0.2) is 30.8 Å². The van der Waals surface area contributed by atoms with Crippen molar-refractivity contribution < 1.29 is 14.6 Å². The van der Waals surface area contributed by atoms with Crippen LogP contribution in [0.5, 0.6) is 5.75 Å². The fraction of sp³-hybridized carbons (Fsp3) is 0.409. The minimum Gasteiger partial charge on any atom is -0.494 e. The number of nitrogens with one attached hydrogen (secondary N) is 1. The van der Waals surface area contributed by atoms with E-state index in [4.69, 9.17) is 9.84 Å². The zero-order chi connectivity index (χ0) is 18.6. The van der Waals surface area contributed by atoms with E-state index in [0.29, 0.717) is 6.54 Å². The normalized spacial score (nSPS) is 10.7. The predicted molar refractivity (Wildman–Crippen MR) is 105 cm³/mol. The Morgan fingerprint density at radius 2 is 1.77 bits per heavy atom. The van der Waals surface area contributed by atoms with Gasteiger partial charge in [0.15, 0.2) is 0 Å². The topological polar surface area (TPSA) is 58.6 Å². The molecular formula is C22H29NO3. The summed E-state index contributed by atoms with van der Waals surface area (Å²) in [5.41, 5.74) is 3.94. The van der Waals surface area contributed by atoms with Crippen LogP contribution in [0.4, 0.5) is 0 Å². The average molecular weight is 355 g/mol. The highest BCUT2D eigenvalue weighted by molar-refractivity contribution is 5.66. The van der Waals surface area contributed by atoms with Gasteiger partial charge in [-0.2, -0.15) is 0 Å². The molecular weight excluding hydrogens is 326 g/mol. The van der Waals surface area contributed by atoms with E-state index in [9.17, 15) is 4.79 Å². The van der Waals surface area contributed by atoms with Gasteiger partial charge in [-0.1, -0.05) is 42.0 Å². The minimum atomic E-state index is -0.757. The van der Waals surface area contributed by atoms with Gasteiger partial charge in [0.1, 0.15) is 5.75 Å². The molecule has 2 aromatic rings. The van der Waals surface area contributed by atoms with Gasteiger partial charge >= 0.3 is 5.97 Å². The van der Waals surface area contributed by atoms with Crippen LogP contribution in [0, 0.1) is 6.92 Å². The number of aliphatic carboxylic acids is 1. The maximum absolute atomic E-state index is 10.4. The van der Waals surface area contributed by atoms with Crippen molar-refractivity contribution in [3.05, 3.63) is 65.2 Å². The highest BCUT2D eigenvalue weighted by Crippen LogP contribution is 2.14. The molecule has 2 aromatic carbocycles. The van der Waals surface area contributed by atoms with E-state index >= 15 is 0 Å². The van der Waals surface area contributed by atoms with Gasteiger partial charge in [0.05, 0.1) is 13.0 Å². The lowest BCUT2D eigenvalue weighted by Crippen LogP contribution is -2.19. The number of rotatable bonds is 12. The Hall–Kier alpha value is -2.33. The van der Waals surface area contributed by atoms with Gasteiger partial charge in [0.2, 0.25) is 0 Å². The van der Waals surface area contributed by atoms with Crippen LogP contribution in [0.25, 0.3) is 0 Å². The van der Waals surface area contributed by atoms with Gasteiger partial charge in [-0.05, 0) is 62.4 Å². The smallest absolute Gasteiger partial charge is 0.304 e. The lowest BCUT2D eigenvalue weighted by Gasteiger charge is -2.08. The Morgan fingerprint density at radius 3 is 2.50 bits per heavy atom. The van der Waals surface area contributed by atoms with Crippen molar-refractivity contribution in [1.82, 2.24) is 5.32 Å². The number of carboxylic acids is 1. The molecule has 0 spiro atoms. The van der Waals surface area contributed by atoms with Crippen LogP contribution >= 0.6 is 0 Å². The van der Waals surface area contributed by atoms with Gasteiger partial charge < -0.3 is 15.2 Å². The third-order valence-electron chi connectivity index (χ3n) is 4.22. The van der Waals surface area contributed by atoms with Crippen LogP contribution in [-0.2, 0) is 17.6 Å². The number of benzene rings is 2. The van der Waals surface area contributed by atoms with Gasteiger partial charge in [0.25, 0.3) is 0 Å². The van der Waals surface area contributed by atoms with Crippen molar-refractivity contribution in [3.8, 4) is 5.75 Å². The molecule has 0 radical (unpaired) electrons. The van der Waals surface area contributed by atoms with E-state index in [-0.39, 0.29) is 6.42 Å². The first-order chi connectivity index (χ1) is 12.6. The van der Waals surface area contributed by atoms with Crippen LogP contribution in [0.1, 0.15) is 36.0 Å². The van der Waals surface area contributed by atoms with Crippen LogP contribution in [0.3, 0.4) is 0 Å². The Kier molecular flexibility index (Phi) is 8.70. The Bertz CT molecular complexity index is 667. The van der Waals surface area contributed by atoms with Gasteiger partial charge in [-0.25, -0.2) is 0 Å². The van der Waals surface area contributed by atoms with E-state index in [1.807, 2.05) is 12.1 Å². The average Bonchev–Trinajstić information content (AvgIpc) is 2.62. The van der Waals surface area contributed by atoms with Crippen molar-refractivity contribution >= 4 is 5.97 Å². The molecule has 0 heterocycles. The number of hydrogen-bond acceptors (Lipinski definition) is 3. The molecule has 4 nitrogen and oxygen atoms in total. The number of carboxylic acid groups (broad SMARTS) is 1. The molecule has 2 rings (SSSR count). The van der Waals surface area contributed by atoms with Crippen LogP contribution in [0.15, 0.2) is 48.5 Å². The second kappa shape index (κ2) is 11.3. The van der Waals surface area contributed by atoms with Crippen molar-refractivity contribution in [1.29, 1.82) is 0 Å². The minimum absolute atomic E-state index is 0.177. The molecule has 0 saturated carbocycles. The second-order valence-corrected chi connectivity index (χ2v) is 6.58. The first-order valence-corrected chi connectivity index (χ1v) is 9.33. The molecule has 0 aromatic heterocycles. The Morgan fingerprint density at radius 1 is 1.00 bits per heavy atom. The fourth-order valence-corrected chi connectivity index (χ4v) is 2.82. The van der Waals surface area contributed by atoms with Gasteiger partial charge in [-0.15, -0.1) is 0 Å². The summed E-state index contributed by atoms with van der Waals surface area (Å²) in [5, 5.41) is 11.7. The number of ether oxygens (including phenoxy) is 1. The molecule has 0 atom stereocenters. The Balaban J connectivity index is 1.59. The van der Waals surface area contributed by atoms with E-state index in [0.717, 1.165) is 44.6 Å². The molecule has 0 bridgehead atoms. The highest BCUT2D eigenvalue weighted by atomic mass is 16.5. The summed E-state index contributed by atoms with van der Waals surface area (Å²) in [4.78, 5) is 10.4. The zero-order valence-corrected chi connectivity index (χ0v) is 15.5. The van der Waals surface area contributed by atoms with E-state index in [2.05, 4.69) is 48.6 Å². The molecule has 0 aliphatic carbocycles. The first-order valence-electron chi connectivity index (χ1n) is 9.33. The summed E-state index contributed by atoms with van der Waals surface area (Å²) >= 11 is 0. The highest BCUT2D eigenvalue weighted by Gasteiger charge is 1.99. The standard InChI is InChI=1S/C22H29NO3/c1-18-5-2-6-20(17-18)8-4-16-26-21-11-9-19(10-12-21)7-3-14-23-15-13-22(24)25/h2,5-6,9-12,17,23H,3-4,7-8,13-16H2,1H3,(H,24,25). The molecule has 2 N–H and O–H groups in total. The van der Waals surface area contributed by atoms with Crippen molar-refractivity contribution in [3.63, 3.8) is 0 Å². The SMILES string of the molecule is Cc1cccc(CCCOc2ccc(CCCNCCC(=O)O)cc2)c1. The van der Waals surface area contributed by atoms with Crippen molar-refractivity contribution in [2.24, 2.45) is 0 Å². The maximum atomic E-state index is 10.4. The maximum Gasteiger partial charge on any atom is 0.304 e. The van der Waals surface area contributed by atoms with Gasteiger partial charge in [-0.3, -0.25) is 4.79 Å². The number of hydrogen-bond donors (Lipinski definition) is 2. The fourth-order valence-electron chi connectivity index (χ4n) is 2.82. The van der Waals surface area contributed by atoms with Crippen LogP contribution in [0.2, 0.25) is 0 Å². The third-order valence-corrected chi connectivity index (χ3v) is 4.22. The van der Waals surface area contributed by atoms with E-state index in [1.165, 1.54) is 16.7 Å². The summed E-state index contributed by atoms with van der Waals surface area (Å²) < 4.78 is 5.83. The second-order valence-electron chi connectivity index (χ2n) is 6.58. The molecule has 0 aliphatic heterocycles. The molecule has 26 heavy (non-hydrogen) atoms. The van der Waals surface area contributed by atoms with Crippen molar-refractivity contribution in [2.75, 3.05) is 19.7 Å². The zero-order valence-electron chi connectivity index (χ0n) is 15.5. The summed E-state index contributed by atoms with van der Waals surface area (Å²) in [6, 6.07) is 16.9. The van der Waals surface area contributed by atoms with Gasteiger partial charge in [0, 0.05) is 6.54 Å². The molecule has 0 unspecified atom stereocenters. The molecule has 140 valence electrons. The van der Waals surface area contributed by atoms with E-state index < -0.39 is 5.97 Å². The number of aryl methyl sites for hydroxylation is 3. The first kappa shape index (κ1) is 20.0. The molecule has 0 fully saturated rings. The molecule has 0 aliphatic rings. The molecule has 0 saturated heterocycles. The van der Waals surface area contributed by atoms with Crippen LogP contribution < -0.4 is 10.1 Å². The quantitative estimate of drug-likeness (QED) is 0.565. The largest absolute Gasteiger partial charge is 0.494 e. The summed E-state index contributed by atoms with van der Waals surface area (Å²) in [5.74, 6) is 0.157. The Labute approximate surface area is 156 Å². The van der Waals surface area contributed by atoms with Crippen molar-refractivity contribution in [2.45, 2.75) is 39.0 Å². The lowest BCUT2D eigenvalue weighted by molar-refractivity contribution is -0.136. The lowest BCUT2D eigenvalue weighted by atomic mass is 10.1. The monoisotopic (exact) mass is 355 g/mol. The summed E-state index contributed by atoms with van der Waals surface area (Å²) in [7, 11) is 0. The predicted octanol–water partition coefficient (Wildman–Crippen LogP) is 4.00. The summed E-state index contributed by atoms with van der Waals surface area (Å²) in [6.45, 7) is 4.21. The molecule has 4 heteroatoms. The number of carbonyl (C=O) groups is 1. The summed E-state index contributed by atoms with van der Waals surface area (Å²) in [6.07, 6.45) is 4.20.